The summed E-state index contributed by atoms with van der Waals surface area (Å²) < 4.78 is 22.6. The molecule has 2 N–H and O–H groups in total. The molecule has 3 rings (SSSR count). The Morgan fingerprint density at radius 1 is 1.30 bits per heavy atom. The van der Waals surface area contributed by atoms with Crippen LogP contribution in [0.5, 0.6) is 0 Å². The molecule has 2 fully saturated rings. The standard InChI is InChI=1S/C13H18N2O3S2/c14-20(17,18)13-5-4-11(19-13)6-12(16)15-7-9-2-1-3-10(9)8-15/h4-5,9-10H,1-3,6-8H2,(H2,14,17,18). The summed E-state index contributed by atoms with van der Waals surface area (Å²) in [5, 5.41) is 5.07. The second-order valence-corrected chi connectivity index (χ2v) is 8.65. The Morgan fingerprint density at radius 2 is 1.95 bits per heavy atom. The SMILES string of the molecule is NS(=O)(=O)c1ccc(CC(=O)N2CC3CCCC3C2)s1. The molecule has 110 valence electrons. The van der Waals surface area contributed by atoms with Crippen molar-refractivity contribution in [3.63, 3.8) is 0 Å². The zero-order valence-corrected chi connectivity index (χ0v) is 12.8. The Hall–Kier alpha value is -0.920. The Kier molecular flexibility index (Phi) is 3.60. The average Bonchev–Trinajstić information content (AvgIpc) is 3.00. The molecule has 7 heteroatoms. The third-order valence-corrected chi connectivity index (χ3v) is 6.85. The van der Waals surface area contributed by atoms with E-state index in [2.05, 4.69) is 0 Å². The highest BCUT2D eigenvalue weighted by molar-refractivity contribution is 7.91. The summed E-state index contributed by atoms with van der Waals surface area (Å²) in [6.45, 7) is 1.74. The van der Waals surface area contributed by atoms with Gasteiger partial charge in [-0.05, 0) is 36.8 Å². The number of nitrogens with zero attached hydrogens (tertiary/aromatic N) is 1. The topological polar surface area (TPSA) is 80.5 Å². The molecule has 2 unspecified atom stereocenters. The fourth-order valence-corrected chi connectivity index (χ4v) is 5.08. The van der Waals surface area contributed by atoms with Crippen LogP contribution in [-0.4, -0.2) is 32.3 Å². The summed E-state index contributed by atoms with van der Waals surface area (Å²) in [5.74, 6) is 1.46. The van der Waals surface area contributed by atoms with Gasteiger partial charge in [-0.1, -0.05) is 6.42 Å². The van der Waals surface area contributed by atoms with Crippen molar-refractivity contribution in [3.8, 4) is 0 Å². The molecule has 1 aromatic rings. The maximum absolute atomic E-state index is 12.3. The van der Waals surface area contributed by atoms with E-state index in [9.17, 15) is 13.2 Å². The van der Waals surface area contributed by atoms with Crippen LogP contribution < -0.4 is 5.14 Å². The van der Waals surface area contributed by atoms with Crippen LogP contribution in [0.3, 0.4) is 0 Å². The van der Waals surface area contributed by atoms with Gasteiger partial charge in [-0.25, -0.2) is 13.6 Å². The molecule has 0 aromatic carbocycles. The van der Waals surface area contributed by atoms with Crippen molar-refractivity contribution in [1.29, 1.82) is 0 Å². The van der Waals surface area contributed by atoms with E-state index in [-0.39, 0.29) is 16.5 Å². The summed E-state index contributed by atoms with van der Waals surface area (Å²) in [5.41, 5.74) is 0. The molecule has 1 aliphatic carbocycles. The van der Waals surface area contributed by atoms with E-state index in [0.29, 0.717) is 11.8 Å². The summed E-state index contributed by atoms with van der Waals surface area (Å²) in [6.07, 6.45) is 4.05. The molecule has 1 saturated heterocycles. The van der Waals surface area contributed by atoms with Crippen molar-refractivity contribution in [1.82, 2.24) is 4.90 Å². The van der Waals surface area contributed by atoms with Gasteiger partial charge in [-0.15, -0.1) is 11.3 Å². The Labute approximate surface area is 122 Å². The molecular weight excluding hydrogens is 296 g/mol. The molecule has 1 amide bonds. The Balaban J connectivity index is 1.63. The molecule has 0 spiro atoms. The van der Waals surface area contributed by atoms with Gasteiger partial charge >= 0.3 is 0 Å². The van der Waals surface area contributed by atoms with Crippen LogP contribution in [0.4, 0.5) is 0 Å². The van der Waals surface area contributed by atoms with Gasteiger partial charge in [0.15, 0.2) is 0 Å². The summed E-state index contributed by atoms with van der Waals surface area (Å²) in [4.78, 5) is 15.0. The molecule has 2 heterocycles. The van der Waals surface area contributed by atoms with E-state index in [1.807, 2.05) is 4.90 Å². The van der Waals surface area contributed by atoms with E-state index >= 15 is 0 Å². The lowest BCUT2D eigenvalue weighted by Crippen LogP contribution is -2.30. The molecule has 1 aromatic heterocycles. The van der Waals surface area contributed by atoms with Crippen molar-refractivity contribution in [3.05, 3.63) is 17.0 Å². The van der Waals surface area contributed by atoms with E-state index in [4.69, 9.17) is 5.14 Å². The van der Waals surface area contributed by atoms with Crippen LogP contribution in [0.2, 0.25) is 0 Å². The Bertz CT molecular complexity index is 611. The number of carbonyl (C=O) groups excluding carboxylic acids is 1. The lowest BCUT2D eigenvalue weighted by Gasteiger charge is -2.16. The molecule has 1 saturated carbocycles. The number of primary sulfonamides is 1. The van der Waals surface area contributed by atoms with E-state index in [0.717, 1.165) is 29.3 Å². The largest absolute Gasteiger partial charge is 0.342 e. The van der Waals surface area contributed by atoms with Gasteiger partial charge in [0.25, 0.3) is 0 Å². The van der Waals surface area contributed by atoms with Gasteiger partial charge in [0.2, 0.25) is 15.9 Å². The quantitative estimate of drug-likeness (QED) is 0.910. The third-order valence-electron chi connectivity index (χ3n) is 4.32. The predicted octanol–water partition coefficient (Wildman–Crippen LogP) is 1.20. The van der Waals surface area contributed by atoms with Crippen molar-refractivity contribution in [2.75, 3.05) is 13.1 Å². The molecule has 2 aliphatic rings. The summed E-state index contributed by atoms with van der Waals surface area (Å²) in [6, 6.07) is 3.15. The van der Waals surface area contributed by atoms with Crippen LogP contribution in [0, 0.1) is 11.8 Å². The van der Waals surface area contributed by atoms with Gasteiger partial charge in [0.1, 0.15) is 4.21 Å². The first-order valence-corrected chi connectivity index (χ1v) is 9.19. The van der Waals surface area contributed by atoms with Crippen LogP contribution in [0.1, 0.15) is 24.1 Å². The minimum absolute atomic E-state index is 0.0993. The monoisotopic (exact) mass is 314 g/mol. The van der Waals surface area contributed by atoms with Crippen LogP contribution in [0.15, 0.2) is 16.3 Å². The number of hydrogen-bond donors (Lipinski definition) is 1. The summed E-state index contributed by atoms with van der Waals surface area (Å²) in [7, 11) is -3.66. The van der Waals surface area contributed by atoms with Crippen molar-refractivity contribution < 1.29 is 13.2 Å². The number of nitrogens with two attached hydrogens (primary N) is 1. The van der Waals surface area contributed by atoms with E-state index in [1.54, 1.807) is 6.07 Å². The van der Waals surface area contributed by atoms with Crippen molar-refractivity contribution >= 4 is 27.3 Å². The van der Waals surface area contributed by atoms with E-state index in [1.165, 1.54) is 25.3 Å². The predicted molar refractivity (Wildman–Crippen MR) is 76.8 cm³/mol. The Morgan fingerprint density at radius 3 is 2.50 bits per heavy atom. The average molecular weight is 314 g/mol. The van der Waals surface area contributed by atoms with Gasteiger partial charge in [0, 0.05) is 18.0 Å². The smallest absolute Gasteiger partial charge is 0.247 e. The van der Waals surface area contributed by atoms with Crippen LogP contribution in [0.25, 0.3) is 0 Å². The highest BCUT2D eigenvalue weighted by Gasteiger charge is 2.37. The van der Waals surface area contributed by atoms with Gasteiger partial charge < -0.3 is 4.90 Å². The fraction of sp³-hybridized carbons (Fsp3) is 0.615. The molecule has 5 nitrogen and oxygen atoms in total. The van der Waals surface area contributed by atoms with Crippen molar-refractivity contribution in [2.45, 2.75) is 29.9 Å². The highest BCUT2D eigenvalue weighted by Crippen LogP contribution is 2.38. The third kappa shape index (κ3) is 2.75. The number of rotatable bonds is 3. The zero-order chi connectivity index (χ0) is 14.3. The van der Waals surface area contributed by atoms with Gasteiger partial charge in [-0.2, -0.15) is 0 Å². The zero-order valence-electron chi connectivity index (χ0n) is 11.1. The number of carbonyl (C=O) groups is 1. The fourth-order valence-electron chi connectivity index (χ4n) is 3.31. The molecule has 1 aliphatic heterocycles. The lowest BCUT2D eigenvalue weighted by atomic mass is 10.0. The van der Waals surface area contributed by atoms with E-state index < -0.39 is 10.0 Å². The van der Waals surface area contributed by atoms with Crippen molar-refractivity contribution in [2.24, 2.45) is 17.0 Å². The number of sulfonamides is 1. The second kappa shape index (κ2) is 5.13. The number of fused-ring (bicyclic) bond motifs is 1. The highest BCUT2D eigenvalue weighted by atomic mass is 32.2. The van der Waals surface area contributed by atoms with Gasteiger partial charge in [-0.3, -0.25) is 4.79 Å². The maximum atomic E-state index is 12.3. The molecule has 0 radical (unpaired) electrons. The molecule has 20 heavy (non-hydrogen) atoms. The minimum atomic E-state index is -3.66. The maximum Gasteiger partial charge on any atom is 0.247 e. The number of likely N-dealkylation sites (tertiary alicyclic amines) is 1. The first-order valence-electron chi connectivity index (χ1n) is 6.83. The summed E-state index contributed by atoms with van der Waals surface area (Å²) >= 11 is 1.09. The second-order valence-electron chi connectivity index (χ2n) is 5.69. The van der Waals surface area contributed by atoms with Crippen LogP contribution in [-0.2, 0) is 21.2 Å². The molecule has 2 atom stereocenters. The lowest BCUT2D eigenvalue weighted by molar-refractivity contribution is -0.129. The minimum Gasteiger partial charge on any atom is -0.342 e. The number of amides is 1. The molecular formula is C13H18N2O3S2. The normalized spacial score (nSPS) is 25.9. The van der Waals surface area contributed by atoms with Crippen LogP contribution >= 0.6 is 11.3 Å². The first-order chi connectivity index (χ1) is 9.43. The molecule has 0 bridgehead atoms. The number of hydrogen-bond acceptors (Lipinski definition) is 4. The first kappa shape index (κ1) is 14.0. The number of thiophene rings is 1. The van der Waals surface area contributed by atoms with Gasteiger partial charge in [0.05, 0.1) is 6.42 Å².